The van der Waals surface area contributed by atoms with E-state index < -0.39 is 16.1 Å². The van der Waals surface area contributed by atoms with Crippen LogP contribution in [-0.2, 0) is 26.2 Å². The zero-order valence-electron chi connectivity index (χ0n) is 22.2. The van der Waals surface area contributed by atoms with E-state index >= 15 is 0 Å². The second-order valence-corrected chi connectivity index (χ2v) is 11.1. The average Bonchev–Trinajstić information content (AvgIpc) is 2.79. The van der Waals surface area contributed by atoms with Gasteiger partial charge in [-0.05, 0) is 58.7 Å². The first-order valence-electron chi connectivity index (χ1n) is 12.3. The monoisotopic (exact) mass is 517 g/mol. The molecule has 0 bridgehead atoms. The molecule has 1 atom stereocenters. The van der Waals surface area contributed by atoms with Gasteiger partial charge in [0.1, 0.15) is 11.8 Å². The zero-order valence-corrected chi connectivity index (χ0v) is 23.0. The fourth-order valence-corrected chi connectivity index (χ4v) is 4.89. The lowest BCUT2D eigenvalue weighted by molar-refractivity contribution is -0.140. The quantitative estimate of drug-likeness (QED) is 0.435. The van der Waals surface area contributed by atoms with Crippen molar-refractivity contribution in [3.05, 3.63) is 59.7 Å². The zero-order chi connectivity index (χ0) is 26.9. The van der Waals surface area contributed by atoms with E-state index in [1.165, 1.54) is 4.31 Å². The van der Waals surface area contributed by atoms with E-state index in [0.29, 0.717) is 18.0 Å². The Morgan fingerprint density at radius 1 is 1.06 bits per heavy atom. The Morgan fingerprint density at radius 2 is 1.75 bits per heavy atom. The van der Waals surface area contributed by atoms with Crippen LogP contribution < -0.4 is 14.4 Å². The van der Waals surface area contributed by atoms with Crippen molar-refractivity contribution >= 4 is 27.5 Å². The molecule has 2 aromatic carbocycles. The summed E-state index contributed by atoms with van der Waals surface area (Å²) in [5.74, 6) is 0.0284. The van der Waals surface area contributed by atoms with Crippen molar-refractivity contribution in [1.82, 2.24) is 10.2 Å². The molecule has 0 saturated carbocycles. The maximum Gasteiger partial charge on any atom is 0.242 e. The normalized spacial score (nSPS) is 12.2. The molecular formula is C27H39N3O5S. The number of amides is 2. The number of ether oxygens (including phenoxy) is 1. The summed E-state index contributed by atoms with van der Waals surface area (Å²) in [6.07, 6.45) is 1.52. The Hall–Kier alpha value is -3.07. The molecule has 0 aromatic heterocycles. The van der Waals surface area contributed by atoms with Gasteiger partial charge in [-0.25, -0.2) is 8.42 Å². The van der Waals surface area contributed by atoms with Crippen molar-refractivity contribution in [2.24, 2.45) is 0 Å². The van der Waals surface area contributed by atoms with Gasteiger partial charge in [-0.1, -0.05) is 42.0 Å². The largest absolute Gasteiger partial charge is 0.492 e. The van der Waals surface area contributed by atoms with Crippen LogP contribution in [0.2, 0.25) is 0 Å². The highest BCUT2D eigenvalue weighted by molar-refractivity contribution is 7.92. The van der Waals surface area contributed by atoms with Gasteiger partial charge in [-0.2, -0.15) is 0 Å². The van der Waals surface area contributed by atoms with Gasteiger partial charge in [0.2, 0.25) is 21.8 Å². The van der Waals surface area contributed by atoms with E-state index in [-0.39, 0.29) is 43.8 Å². The van der Waals surface area contributed by atoms with Crippen LogP contribution >= 0.6 is 0 Å². The fourth-order valence-electron chi connectivity index (χ4n) is 3.92. The number of hydrogen-bond acceptors (Lipinski definition) is 5. The van der Waals surface area contributed by atoms with Gasteiger partial charge in [-0.15, -0.1) is 0 Å². The molecule has 0 spiro atoms. The van der Waals surface area contributed by atoms with Gasteiger partial charge in [0.25, 0.3) is 0 Å². The highest BCUT2D eigenvalue weighted by atomic mass is 32.2. The van der Waals surface area contributed by atoms with E-state index in [1.807, 2.05) is 52.0 Å². The summed E-state index contributed by atoms with van der Waals surface area (Å²) in [5, 5.41) is 2.87. The number of carbonyl (C=O) groups is 2. The van der Waals surface area contributed by atoms with Crippen molar-refractivity contribution in [2.45, 2.75) is 66.1 Å². The van der Waals surface area contributed by atoms with E-state index in [9.17, 15) is 18.0 Å². The third kappa shape index (κ3) is 8.55. The van der Waals surface area contributed by atoms with Gasteiger partial charge in [0, 0.05) is 25.6 Å². The number of benzene rings is 2. The molecule has 0 heterocycles. The molecule has 0 saturated heterocycles. The number of rotatable bonds is 13. The minimum absolute atomic E-state index is 0.0513. The molecule has 36 heavy (non-hydrogen) atoms. The smallest absolute Gasteiger partial charge is 0.242 e. The molecule has 2 rings (SSSR count). The Balaban J connectivity index is 2.21. The van der Waals surface area contributed by atoms with Crippen LogP contribution in [0.5, 0.6) is 5.75 Å². The van der Waals surface area contributed by atoms with E-state index in [0.717, 1.165) is 17.4 Å². The molecule has 0 aliphatic heterocycles. The summed E-state index contributed by atoms with van der Waals surface area (Å²) in [5.41, 5.74) is 2.43. The van der Waals surface area contributed by atoms with Crippen molar-refractivity contribution < 1.29 is 22.7 Å². The summed E-state index contributed by atoms with van der Waals surface area (Å²) < 4.78 is 32.1. The standard InChI is InChI=1S/C27H39N3O5S/c1-7-35-25-15-9-8-14-24(25)30(36(6,33)34)17-11-16-26(31)29(22(5)27(32)28-20(2)3)19-23-13-10-12-21(4)18-23/h8-10,12-15,18,20,22H,7,11,16-17,19H2,1-6H3,(H,28,32)/t22-/m1/s1. The first-order chi connectivity index (χ1) is 16.9. The van der Waals surface area contributed by atoms with Crippen LogP contribution in [0.1, 0.15) is 51.7 Å². The number of para-hydroxylation sites is 2. The molecule has 0 fully saturated rings. The molecule has 198 valence electrons. The Bertz CT molecular complexity index is 1130. The van der Waals surface area contributed by atoms with Gasteiger partial charge in [0.05, 0.1) is 18.6 Å². The molecule has 0 aliphatic carbocycles. The molecule has 8 nitrogen and oxygen atoms in total. The van der Waals surface area contributed by atoms with E-state index in [4.69, 9.17) is 4.74 Å². The van der Waals surface area contributed by atoms with Crippen LogP contribution in [0.3, 0.4) is 0 Å². The van der Waals surface area contributed by atoms with Crippen molar-refractivity contribution in [2.75, 3.05) is 23.7 Å². The lowest BCUT2D eigenvalue weighted by atomic mass is 10.1. The third-order valence-electron chi connectivity index (χ3n) is 5.62. The Morgan fingerprint density at radius 3 is 2.36 bits per heavy atom. The molecule has 1 N–H and O–H groups in total. The number of carbonyl (C=O) groups excluding carboxylic acids is 2. The predicted molar refractivity (Wildman–Crippen MR) is 144 cm³/mol. The van der Waals surface area contributed by atoms with Crippen molar-refractivity contribution in [3.63, 3.8) is 0 Å². The van der Waals surface area contributed by atoms with E-state index in [2.05, 4.69) is 5.32 Å². The summed E-state index contributed by atoms with van der Waals surface area (Å²) in [7, 11) is -3.61. The molecule has 0 radical (unpaired) electrons. The lowest BCUT2D eigenvalue weighted by Gasteiger charge is -2.30. The van der Waals surface area contributed by atoms with Crippen LogP contribution in [0, 0.1) is 6.92 Å². The Labute approximate surface area is 215 Å². The second kappa shape index (κ2) is 13.3. The third-order valence-corrected chi connectivity index (χ3v) is 6.80. The first kappa shape index (κ1) is 29.2. The maximum atomic E-state index is 13.4. The van der Waals surface area contributed by atoms with Gasteiger partial charge < -0.3 is 15.0 Å². The van der Waals surface area contributed by atoms with Crippen LogP contribution in [0.15, 0.2) is 48.5 Å². The van der Waals surface area contributed by atoms with Crippen LogP contribution in [-0.4, -0.2) is 56.6 Å². The van der Waals surface area contributed by atoms with E-state index in [1.54, 1.807) is 36.1 Å². The summed E-state index contributed by atoms with van der Waals surface area (Å²) >= 11 is 0. The molecule has 2 aromatic rings. The lowest BCUT2D eigenvalue weighted by Crippen LogP contribution is -2.49. The van der Waals surface area contributed by atoms with Crippen LogP contribution in [0.25, 0.3) is 0 Å². The highest BCUT2D eigenvalue weighted by Gasteiger charge is 2.27. The molecular weight excluding hydrogens is 478 g/mol. The summed E-state index contributed by atoms with van der Waals surface area (Å²) in [4.78, 5) is 27.7. The van der Waals surface area contributed by atoms with Crippen molar-refractivity contribution in [3.8, 4) is 5.75 Å². The van der Waals surface area contributed by atoms with Gasteiger partial charge in [-0.3, -0.25) is 13.9 Å². The number of hydrogen-bond donors (Lipinski definition) is 1. The second-order valence-electron chi connectivity index (χ2n) is 9.19. The van der Waals surface area contributed by atoms with Crippen LogP contribution in [0.4, 0.5) is 5.69 Å². The minimum Gasteiger partial charge on any atom is -0.492 e. The number of nitrogens with zero attached hydrogens (tertiary/aromatic N) is 2. The Kier molecular flexibility index (Phi) is 10.8. The SMILES string of the molecule is CCOc1ccccc1N(CCCC(=O)N(Cc1cccc(C)c1)[C@H](C)C(=O)NC(C)C)S(C)(=O)=O. The fraction of sp³-hybridized carbons (Fsp3) is 0.481. The number of aryl methyl sites for hydroxylation is 1. The van der Waals surface area contributed by atoms with Crippen molar-refractivity contribution in [1.29, 1.82) is 0 Å². The minimum atomic E-state index is -3.61. The van der Waals surface area contributed by atoms with Gasteiger partial charge >= 0.3 is 0 Å². The molecule has 2 amide bonds. The predicted octanol–water partition coefficient (Wildman–Crippen LogP) is 3.88. The molecule has 0 unspecified atom stereocenters. The molecule has 9 heteroatoms. The topological polar surface area (TPSA) is 96.0 Å². The average molecular weight is 518 g/mol. The van der Waals surface area contributed by atoms with Gasteiger partial charge in [0.15, 0.2) is 0 Å². The summed E-state index contributed by atoms with van der Waals surface area (Å²) in [6, 6.07) is 14.0. The highest BCUT2D eigenvalue weighted by Crippen LogP contribution is 2.30. The summed E-state index contributed by atoms with van der Waals surface area (Å²) in [6.45, 7) is 10.1. The molecule has 0 aliphatic rings. The first-order valence-corrected chi connectivity index (χ1v) is 14.1. The maximum absolute atomic E-state index is 13.4. The number of anilines is 1. The number of sulfonamides is 1. The number of nitrogens with one attached hydrogen (secondary N) is 1.